The summed E-state index contributed by atoms with van der Waals surface area (Å²) in [5.41, 5.74) is 2.20. The van der Waals surface area contributed by atoms with Crippen LogP contribution in [0.15, 0.2) is 53.4 Å². The molecule has 1 saturated heterocycles. The zero-order chi connectivity index (χ0) is 21.0. The van der Waals surface area contributed by atoms with Gasteiger partial charge in [-0.3, -0.25) is 4.79 Å². The third-order valence-corrected chi connectivity index (χ3v) is 6.70. The highest BCUT2D eigenvalue weighted by molar-refractivity contribution is 7.89. The number of sulfonamides is 1. The van der Waals surface area contributed by atoms with E-state index in [1.807, 2.05) is 38.1 Å². The lowest BCUT2D eigenvalue weighted by molar-refractivity contribution is -0.0440. The number of amides is 1. The molecular formula is C22H28N2O4S. The van der Waals surface area contributed by atoms with Crippen LogP contribution in [-0.4, -0.2) is 43.9 Å². The summed E-state index contributed by atoms with van der Waals surface area (Å²) in [7, 11) is -3.70. The molecule has 2 unspecified atom stereocenters. The molecule has 1 fully saturated rings. The number of hydrogen-bond acceptors (Lipinski definition) is 4. The van der Waals surface area contributed by atoms with E-state index in [0.717, 1.165) is 12.8 Å². The number of hydrogen-bond donors (Lipinski definition) is 1. The molecule has 0 aromatic heterocycles. The van der Waals surface area contributed by atoms with E-state index in [0.29, 0.717) is 24.3 Å². The topological polar surface area (TPSA) is 75.7 Å². The van der Waals surface area contributed by atoms with Crippen LogP contribution in [0.4, 0.5) is 5.69 Å². The number of carbonyl (C=O) groups excluding carboxylic acids is 1. The molecule has 2 aromatic carbocycles. The smallest absolute Gasteiger partial charge is 0.255 e. The summed E-state index contributed by atoms with van der Waals surface area (Å²) < 4.78 is 33.2. The van der Waals surface area contributed by atoms with Crippen molar-refractivity contribution < 1.29 is 17.9 Å². The molecule has 2 aromatic rings. The van der Waals surface area contributed by atoms with Gasteiger partial charge in [-0.25, -0.2) is 8.42 Å². The minimum absolute atomic E-state index is 0.116. The highest BCUT2D eigenvalue weighted by Crippen LogP contribution is 2.22. The molecule has 1 amide bonds. The van der Waals surface area contributed by atoms with Gasteiger partial charge in [0.1, 0.15) is 0 Å². The van der Waals surface area contributed by atoms with Gasteiger partial charge in [-0.05, 0) is 56.2 Å². The van der Waals surface area contributed by atoms with E-state index >= 15 is 0 Å². The molecule has 0 aliphatic carbocycles. The molecule has 6 nitrogen and oxygen atoms in total. The minimum Gasteiger partial charge on any atom is -0.373 e. The summed E-state index contributed by atoms with van der Waals surface area (Å²) in [5, 5.41) is 2.83. The van der Waals surface area contributed by atoms with Crippen molar-refractivity contribution in [2.24, 2.45) is 0 Å². The summed E-state index contributed by atoms with van der Waals surface area (Å²) in [5.74, 6) is -0.339. The van der Waals surface area contributed by atoms with Crippen molar-refractivity contribution in [3.63, 3.8) is 0 Å². The minimum atomic E-state index is -3.70. The predicted molar refractivity (Wildman–Crippen MR) is 114 cm³/mol. The SMILES string of the molecule is CCCc1ccc(NC(=O)c2cccc(S(=O)(=O)N3CC(C)OC(C)C3)c2)cc1. The molecule has 0 saturated carbocycles. The molecule has 29 heavy (non-hydrogen) atoms. The van der Waals surface area contributed by atoms with Crippen LogP contribution in [-0.2, 0) is 21.2 Å². The van der Waals surface area contributed by atoms with Gasteiger partial charge in [0.25, 0.3) is 5.91 Å². The Morgan fingerprint density at radius 2 is 1.76 bits per heavy atom. The standard InChI is InChI=1S/C22H28N2O4S/c1-4-6-18-9-11-20(12-10-18)23-22(25)19-7-5-8-21(13-19)29(26,27)24-14-16(2)28-17(3)15-24/h5,7-13,16-17H,4,6,14-15H2,1-3H3,(H,23,25). The van der Waals surface area contributed by atoms with Crippen LogP contribution < -0.4 is 5.32 Å². The van der Waals surface area contributed by atoms with Gasteiger partial charge in [-0.1, -0.05) is 31.5 Å². The second-order valence-corrected chi connectivity index (χ2v) is 9.45. The van der Waals surface area contributed by atoms with Crippen molar-refractivity contribution in [2.75, 3.05) is 18.4 Å². The molecule has 0 spiro atoms. The first kappa shape index (κ1) is 21.5. The zero-order valence-electron chi connectivity index (χ0n) is 17.1. The van der Waals surface area contributed by atoms with E-state index in [2.05, 4.69) is 12.2 Å². The Morgan fingerprint density at radius 1 is 1.10 bits per heavy atom. The molecule has 1 heterocycles. The van der Waals surface area contributed by atoms with Crippen molar-refractivity contribution >= 4 is 21.6 Å². The molecule has 3 rings (SSSR count). The fraction of sp³-hybridized carbons (Fsp3) is 0.409. The zero-order valence-corrected chi connectivity index (χ0v) is 17.9. The summed E-state index contributed by atoms with van der Waals surface area (Å²) in [6, 6.07) is 13.9. The Kier molecular flexibility index (Phi) is 6.72. The number of benzene rings is 2. The number of nitrogens with zero attached hydrogens (tertiary/aromatic N) is 1. The van der Waals surface area contributed by atoms with Gasteiger partial charge in [-0.15, -0.1) is 0 Å². The molecule has 1 N–H and O–H groups in total. The van der Waals surface area contributed by atoms with E-state index in [1.165, 1.54) is 22.0 Å². The number of ether oxygens (including phenoxy) is 1. The molecule has 7 heteroatoms. The lowest BCUT2D eigenvalue weighted by Crippen LogP contribution is -2.48. The van der Waals surface area contributed by atoms with Gasteiger partial charge >= 0.3 is 0 Å². The van der Waals surface area contributed by atoms with Crippen LogP contribution >= 0.6 is 0 Å². The molecular weight excluding hydrogens is 388 g/mol. The molecule has 1 aliphatic heterocycles. The van der Waals surface area contributed by atoms with Crippen LogP contribution in [0, 0.1) is 0 Å². The second kappa shape index (κ2) is 9.07. The average molecular weight is 417 g/mol. The van der Waals surface area contributed by atoms with Crippen molar-refractivity contribution in [2.45, 2.75) is 50.7 Å². The summed E-state index contributed by atoms with van der Waals surface area (Å²) in [4.78, 5) is 12.8. The first-order valence-electron chi connectivity index (χ1n) is 9.95. The lowest BCUT2D eigenvalue weighted by atomic mass is 10.1. The summed E-state index contributed by atoms with van der Waals surface area (Å²) in [6.45, 7) is 6.43. The van der Waals surface area contributed by atoms with E-state index in [1.54, 1.807) is 12.1 Å². The molecule has 0 radical (unpaired) electrons. The van der Waals surface area contributed by atoms with E-state index in [4.69, 9.17) is 4.74 Å². The Balaban J connectivity index is 1.77. The fourth-order valence-electron chi connectivity index (χ4n) is 3.52. The number of rotatable bonds is 6. The lowest BCUT2D eigenvalue weighted by Gasteiger charge is -2.34. The summed E-state index contributed by atoms with van der Waals surface area (Å²) >= 11 is 0. The maximum Gasteiger partial charge on any atom is 0.255 e. The van der Waals surface area contributed by atoms with Crippen molar-refractivity contribution in [1.29, 1.82) is 0 Å². The van der Waals surface area contributed by atoms with Gasteiger partial charge in [0, 0.05) is 24.3 Å². The van der Waals surface area contributed by atoms with Crippen molar-refractivity contribution in [3.05, 3.63) is 59.7 Å². The molecule has 0 bridgehead atoms. The molecule has 156 valence electrons. The van der Waals surface area contributed by atoms with Crippen LogP contribution in [0.5, 0.6) is 0 Å². The Hall–Kier alpha value is -2.22. The van der Waals surface area contributed by atoms with Crippen LogP contribution in [0.3, 0.4) is 0 Å². The molecule has 2 atom stereocenters. The first-order chi connectivity index (χ1) is 13.8. The third kappa shape index (κ3) is 5.23. The van der Waals surface area contributed by atoms with Gasteiger partial charge in [0.05, 0.1) is 17.1 Å². The van der Waals surface area contributed by atoms with Crippen LogP contribution in [0.25, 0.3) is 0 Å². The second-order valence-electron chi connectivity index (χ2n) is 7.51. The predicted octanol–water partition coefficient (Wildman–Crippen LogP) is 3.69. The maximum atomic E-state index is 13.0. The van der Waals surface area contributed by atoms with Gasteiger partial charge < -0.3 is 10.1 Å². The number of morpholine rings is 1. The van der Waals surface area contributed by atoms with E-state index in [9.17, 15) is 13.2 Å². The van der Waals surface area contributed by atoms with Gasteiger partial charge in [0.2, 0.25) is 10.0 Å². The maximum absolute atomic E-state index is 13.0. The quantitative estimate of drug-likeness (QED) is 0.779. The van der Waals surface area contributed by atoms with E-state index < -0.39 is 10.0 Å². The number of nitrogens with one attached hydrogen (secondary N) is 1. The number of aryl methyl sites for hydroxylation is 1. The van der Waals surface area contributed by atoms with E-state index in [-0.39, 0.29) is 23.0 Å². The molecule has 1 aliphatic rings. The first-order valence-corrected chi connectivity index (χ1v) is 11.4. The number of anilines is 1. The summed E-state index contributed by atoms with van der Waals surface area (Å²) in [6.07, 6.45) is 1.71. The normalized spacial score (nSPS) is 20.4. The van der Waals surface area contributed by atoms with Crippen LogP contribution in [0.2, 0.25) is 0 Å². The third-order valence-electron chi connectivity index (χ3n) is 4.87. The van der Waals surface area contributed by atoms with Crippen LogP contribution in [0.1, 0.15) is 43.1 Å². The Bertz CT molecular complexity index is 947. The largest absolute Gasteiger partial charge is 0.373 e. The fourth-order valence-corrected chi connectivity index (χ4v) is 5.16. The van der Waals surface area contributed by atoms with Gasteiger partial charge in [0.15, 0.2) is 0 Å². The van der Waals surface area contributed by atoms with Crippen molar-refractivity contribution in [3.8, 4) is 0 Å². The van der Waals surface area contributed by atoms with Crippen molar-refractivity contribution in [1.82, 2.24) is 4.31 Å². The van der Waals surface area contributed by atoms with Gasteiger partial charge in [-0.2, -0.15) is 4.31 Å². The Labute approximate surface area is 172 Å². The highest BCUT2D eigenvalue weighted by atomic mass is 32.2. The number of carbonyl (C=O) groups is 1. The average Bonchev–Trinajstić information content (AvgIpc) is 2.69. The monoisotopic (exact) mass is 416 g/mol. The Morgan fingerprint density at radius 3 is 2.38 bits per heavy atom. The highest BCUT2D eigenvalue weighted by Gasteiger charge is 2.32.